The minimum absolute atomic E-state index is 0.0521. The Hall–Kier alpha value is -0.940. The van der Waals surface area contributed by atoms with Crippen molar-refractivity contribution < 1.29 is 9.47 Å². The van der Waals surface area contributed by atoms with E-state index in [1.54, 1.807) is 0 Å². The molecule has 5 heteroatoms. The predicted molar refractivity (Wildman–Crippen MR) is 88.8 cm³/mol. The van der Waals surface area contributed by atoms with Crippen LogP contribution < -0.4 is 0 Å². The average Bonchev–Trinajstić information content (AvgIpc) is 2.85. The first-order chi connectivity index (χ1) is 10.2. The third-order valence-electron chi connectivity index (χ3n) is 3.78. The summed E-state index contributed by atoms with van der Waals surface area (Å²) in [7, 11) is 0. The Bertz CT molecular complexity index is 439. The zero-order valence-electron chi connectivity index (χ0n) is 15.3. The summed E-state index contributed by atoms with van der Waals surface area (Å²) in [4.78, 5) is 0. The number of ether oxygens (including phenoxy) is 2. The predicted octanol–water partition coefficient (Wildman–Crippen LogP) is 3.92. The molecule has 0 fully saturated rings. The molecule has 0 aliphatic heterocycles. The maximum atomic E-state index is 6.03. The molecule has 0 amide bonds. The van der Waals surface area contributed by atoms with E-state index >= 15 is 0 Å². The minimum atomic E-state index is -0.120. The van der Waals surface area contributed by atoms with E-state index in [0.29, 0.717) is 6.61 Å². The van der Waals surface area contributed by atoms with E-state index < -0.39 is 0 Å². The van der Waals surface area contributed by atoms with Gasteiger partial charge in [-0.05, 0) is 54.4 Å². The fraction of sp³-hybridized carbons (Fsp3) is 0.882. The van der Waals surface area contributed by atoms with Crippen LogP contribution in [0.4, 0.5) is 0 Å². The normalized spacial score (nSPS) is 13.1. The molecular formula is C17H33N3O2. The first kappa shape index (κ1) is 19.1. The van der Waals surface area contributed by atoms with E-state index in [9.17, 15) is 0 Å². The van der Waals surface area contributed by atoms with Crippen LogP contribution in [-0.4, -0.2) is 33.3 Å². The van der Waals surface area contributed by atoms with E-state index in [2.05, 4.69) is 44.9 Å². The van der Waals surface area contributed by atoms with Crippen LogP contribution >= 0.6 is 0 Å². The van der Waals surface area contributed by atoms with Crippen LogP contribution in [0.1, 0.15) is 73.4 Å². The number of aromatic nitrogens is 3. The van der Waals surface area contributed by atoms with Crippen LogP contribution in [0.5, 0.6) is 0 Å². The highest BCUT2D eigenvalue weighted by atomic mass is 16.5. The van der Waals surface area contributed by atoms with Gasteiger partial charge in [-0.15, -0.1) is 5.10 Å². The fourth-order valence-electron chi connectivity index (χ4n) is 2.28. The van der Waals surface area contributed by atoms with Gasteiger partial charge >= 0.3 is 0 Å². The first-order valence-electron chi connectivity index (χ1n) is 8.33. The molecule has 5 nitrogen and oxygen atoms in total. The summed E-state index contributed by atoms with van der Waals surface area (Å²) in [6, 6.07) is 0. The molecule has 0 saturated heterocycles. The Morgan fingerprint density at radius 2 is 1.86 bits per heavy atom. The standard InChI is InChI=1S/C17H33N3O2/c1-8-9-17(6,7)22-11-10-16(4,5)20-12-15(18-19-20)13-21-14(2)3/h12,14H,8-11,13H2,1-7H3. The second-order valence-corrected chi connectivity index (χ2v) is 7.43. The maximum absolute atomic E-state index is 6.03. The lowest BCUT2D eigenvalue weighted by molar-refractivity contribution is -0.0344. The van der Waals surface area contributed by atoms with Crippen LogP contribution in [-0.2, 0) is 21.6 Å². The van der Waals surface area contributed by atoms with E-state index in [1.165, 1.54) is 0 Å². The maximum Gasteiger partial charge on any atom is 0.108 e. The lowest BCUT2D eigenvalue weighted by atomic mass is 10.0. The minimum Gasteiger partial charge on any atom is -0.375 e. The number of hydrogen-bond acceptors (Lipinski definition) is 4. The molecule has 0 spiro atoms. The summed E-state index contributed by atoms with van der Waals surface area (Å²) in [5.74, 6) is 0. The van der Waals surface area contributed by atoms with Crippen LogP contribution in [0.15, 0.2) is 6.20 Å². The molecule has 128 valence electrons. The van der Waals surface area contributed by atoms with Crippen molar-refractivity contribution in [1.29, 1.82) is 0 Å². The summed E-state index contributed by atoms with van der Waals surface area (Å²) < 4.78 is 13.5. The molecule has 0 radical (unpaired) electrons. The Kier molecular flexibility index (Phi) is 7.00. The smallest absolute Gasteiger partial charge is 0.108 e. The van der Waals surface area contributed by atoms with Crippen molar-refractivity contribution >= 4 is 0 Å². The van der Waals surface area contributed by atoms with Gasteiger partial charge in [0.05, 0.1) is 30.0 Å². The van der Waals surface area contributed by atoms with Gasteiger partial charge in [-0.1, -0.05) is 18.6 Å². The van der Waals surface area contributed by atoms with Gasteiger partial charge in [0.25, 0.3) is 0 Å². The van der Waals surface area contributed by atoms with Gasteiger partial charge in [-0.2, -0.15) is 0 Å². The third-order valence-corrected chi connectivity index (χ3v) is 3.78. The molecule has 0 saturated carbocycles. The number of rotatable bonds is 10. The van der Waals surface area contributed by atoms with E-state index in [4.69, 9.17) is 9.47 Å². The van der Waals surface area contributed by atoms with Gasteiger partial charge in [0.2, 0.25) is 0 Å². The Morgan fingerprint density at radius 3 is 2.45 bits per heavy atom. The van der Waals surface area contributed by atoms with Gasteiger partial charge in [0.15, 0.2) is 0 Å². The van der Waals surface area contributed by atoms with Crippen molar-refractivity contribution in [3.8, 4) is 0 Å². The molecule has 0 unspecified atom stereocenters. The first-order valence-corrected chi connectivity index (χ1v) is 8.33. The molecule has 0 atom stereocenters. The summed E-state index contributed by atoms with van der Waals surface area (Å²) in [5.41, 5.74) is 0.698. The molecule has 22 heavy (non-hydrogen) atoms. The molecule has 0 bridgehead atoms. The van der Waals surface area contributed by atoms with Crippen molar-refractivity contribution in [3.05, 3.63) is 11.9 Å². The van der Waals surface area contributed by atoms with E-state index in [1.807, 2.05) is 24.7 Å². The number of nitrogens with zero attached hydrogens (tertiary/aromatic N) is 3. The summed E-state index contributed by atoms with van der Waals surface area (Å²) in [6.45, 7) is 16.1. The zero-order valence-corrected chi connectivity index (χ0v) is 15.3. The van der Waals surface area contributed by atoms with Crippen LogP contribution in [0.3, 0.4) is 0 Å². The molecule has 0 aromatic carbocycles. The highest BCUT2D eigenvalue weighted by Crippen LogP contribution is 2.22. The van der Waals surface area contributed by atoms with Gasteiger partial charge in [0.1, 0.15) is 5.69 Å². The second kappa shape index (κ2) is 8.06. The Labute approximate surface area is 135 Å². The SMILES string of the molecule is CCCC(C)(C)OCCC(C)(C)n1cc(COC(C)C)nn1. The molecule has 1 rings (SSSR count). The molecule has 1 heterocycles. The highest BCUT2D eigenvalue weighted by Gasteiger charge is 2.24. The van der Waals surface area contributed by atoms with Gasteiger partial charge in [0, 0.05) is 6.61 Å². The largest absolute Gasteiger partial charge is 0.375 e. The summed E-state index contributed by atoms with van der Waals surface area (Å²) >= 11 is 0. The van der Waals surface area contributed by atoms with Crippen LogP contribution in [0.2, 0.25) is 0 Å². The molecule has 1 aromatic rings. The van der Waals surface area contributed by atoms with Gasteiger partial charge in [-0.25, -0.2) is 4.68 Å². The van der Waals surface area contributed by atoms with Gasteiger partial charge in [-0.3, -0.25) is 0 Å². The molecule has 0 aliphatic carbocycles. The topological polar surface area (TPSA) is 49.2 Å². The third kappa shape index (κ3) is 6.44. The van der Waals surface area contributed by atoms with Gasteiger partial charge < -0.3 is 9.47 Å². The number of hydrogen-bond donors (Lipinski definition) is 0. The summed E-state index contributed by atoms with van der Waals surface area (Å²) in [5, 5.41) is 8.44. The van der Waals surface area contributed by atoms with Crippen molar-refractivity contribution in [1.82, 2.24) is 15.0 Å². The lowest BCUT2D eigenvalue weighted by Gasteiger charge is -2.29. The van der Waals surface area contributed by atoms with Crippen LogP contribution in [0, 0.1) is 0 Å². The Balaban J connectivity index is 2.52. The second-order valence-electron chi connectivity index (χ2n) is 7.43. The molecule has 1 aromatic heterocycles. The van der Waals surface area contributed by atoms with E-state index in [0.717, 1.165) is 31.6 Å². The quantitative estimate of drug-likeness (QED) is 0.657. The van der Waals surface area contributed by atoms with Crippen molar-refractivity contribution in [3.63, 3.8) is 0 Å². The zero-order chi connectivity index (χ0) is 16.8. The summed E-state index contributed by atoms with van der Waals surface area (Å²) in [6.07, 6.45) is 5.28. The monoisotopic (exact) mass is 311 g/mol. The molecule has 0 aliphatic rings. The fourth-order valence-corrected chi connectivity index (χ4v) is 2.28. The highest BCUT2D eigenvalue weighted by molar-refractivity contribution is 4.93. The molecular weight excluding hydrogens is 278 g/mol. The molecule has 0 N–H and O–H groups in total. The lowest BCUT2D eigenvalue weighted by Crippen LogP contribution is -2.32. The van der Waals surface area contributed by atoms with Crippen molar-refractivity contribution in [2.24, 2.45) is 0 Å². The van der Waals surface area contributed by atoms with E-state index in [-0.39, 0.29) is 17.2 Å². The average molecular weight is 311 g/mol. The Morgan fingerprint density at radius 1 is 1.18 bits per heavy atom. The van der Waals surface area contributed by atoms with Crippen molar-refractivity contribution in [2.75, 3.05) is 6.61 Å². The van der Waals surface area contributed by atoms with Crippen molar-refractivity contribution in [2.45, 2.75) is 91.6 Å². The van der Waals surface area contributed by atoms with Crippen LogP contribution in [0.25, 0.3) is 0 Å².